The minimum Gasteiger partial charge on any atom is -0.481 e. The molecule has 0 heterocycles. The quantitative estimate of drug-likeness (QED) is 0.681. The second kappa shape index (κ2) is 14.0. The van der Waals surface area contributed by atoms with Crippen LogP contribution in [0.2, 0.25) is 0 Å². The Kier molecular flexibility index (Phi) is 15.8. The lowest BCUT2D eigenvalue weighted by Gasteiger charge is -1.81. The van der Waals surface area contributed by atoms with Crippen LogP contribution in [0.5, 0.6) is 0 Å². The summed E-state index contributed by atoms with van der Waals surface area (Å²) in [5, 5.41) is 15.4. The highest BCUT2D eigenvalue weighted by Crippen LogP contribution is 1.81. The summed E-state index contributed by atoms with van der Waals surface area (Å²) in [5.41, 5.74) is 0. The first-order valence-electron chi connectivity index (χ1n) is 5.79. The maximum Gasteiger partial charge on any atom is 0.314 e. The predicted octanol–water partition coefficient (Wildman–Crippen LogP) is 0.655. The molecule has 0 unspecified atom stereocenters. The molecule has 0 bridgehead atoms. The number of Topliss-reactive ketones (excluding diaryl/α,β-unsaturated/α-hetero) is 4. The van der Waals surface area contributed by atoms with Gasteiger partial charge in [0, 0.05) is 0 Å². The fourth-order valence-electron chi connectivity index (χ4n) is 0.831. The van der Waals surface area contributed by atoms with Crippen molar-refractivity contribution in [3.63, 3.8) is 0 Å². The molecule has 0 aliphatic heterocycles. The highest BCUT2D eigenvalue weighted by Gasteiger charge is 2.01. The molecule has 0 aromatic heterocycles. The zero-order valence-corrected chi connectivity index (χ0v) is 12.5. The van der Waals surface area contributed by atoms with Gasteiger partial charge in [-0.15, -0.1) is 0 Å². The van der Waals surface area contributed by atoms with E-state index in [1.165, 1.54) is 27.7 Å². The van der Waals surface area contributed by atoms with E-state index in [9.17, 15) is 28.8 Å². The van der Waals surface area contributed by atoms with Crippen LogP contribution in [0.1, 0.15) is 47.0 Å². The molecule has 8 nitrogen and oxygen atoms in total. The number of carbonyl (C=O) groups excluding carboxylic acids is 4. The molecular formula is C13H20O8. The molecule has 0 aliphatic carbocycles. The molecule has 0 aromatic carbocycles. The minimum absolute atomic E-state index is 0.0625. The van der Waals surface area contributed by atoms with Crippen LogP contribution in [0.15, 0.2) is 0 Å². The minimum atomic E-state index is -1.31. The van der Waals surface area contributed by atoms with E-state index in [-0.39, 0.29) is 36.0 Å². The summed E-state index contributed by atoms with van der Waals surface area (Å²) < 4.78 is 0. The topological polar surface area (TPSA) is 143 Å². The highest BCUT2D eigenvalue weighted by atomic mass is 16.4. The van der Waals surface area contributed by atoms with Crippen LogP contribution in [0, 0.1) is 0 Å². The Hall–Kier alpha value is -2.38. The Bertz CT molecular complexity index is 311. The SMILES string of the molecule is CC(=O)CC(C)=O.CC(=O)CC(C)=O.O=C(O)CC(=O)O. The first kappa shape index (κ1) is 23.7. The molecule has 0 radical (unpaired) electrons. The van der Waals surface area contributed by atoms with Gasteiger partial charge in [-0.2, -0.15) is 0 Å². The van der Waals surface area contributed by atoms with Gasteiger partial charge in [-0.3, -0.25) is 28.8 Å². The third-order valence-electron chi connectivity index (χ3n) is 1.30. The van der Waals surface area contributed by atoms with Gasteiger partial charge in [0.1, 0.15) is 29.6 Å². The second-order valence-corrected chi connectivity index (χ2v) is 4.13. The van der Waals surface area contributed by atoms with Crippen LogP contribution in [0.4, 0.5) is 0 Å². The summed E-state index contributed by atoms with van der Waals surface area (Å²) in [6.45, 7) is 5.62. The first-order valence-corrected chi connectivity index (χ1v) is 5.79. The van der Waals surface area contributed by atoms with E-state index >= 15 is 0 Å². The summed E-state index contributed by atoms with van der Waals surface area (Å²) in [5.74, 6) is -2.87. The molecule has 8 heteroatoms. The molecule has 120 valence electrons. The highest BCUT2D eigenvalue weighted by molar-refractivity contribution is 5.97. The lowest BCUT2D eigenvalue weighted by molar-refractivity contribution is -0.147. The van der Waals surface area contributed by atoms with Crippen LogP contribution in [0.3, 0.4) is 0 Å². The predicted molar refractivity (Wildman–Crippen MR) is 71.8 cm³/mol. The second-order valence-electron chi connectivity index (χ2n) is 4.13. The maximum absolute atomic E-state index is 10.0. The smallest absolute Gasteiger partial charge is 0.314 e. The molecule has 0 saturated carbocycles. The Labute approximate surface area is 122 Å². The first-order chi connectivity index (χ1) is 9.38. The van der Waals surface area contributed by atoms with Gasteiger partial charge < -0.3 is 10.2 Å². The van der Waals surface area contributed by atoms with Crippen molar-refractivity contribution in [2.75, 3.05) is 0 Å². The zero-order valence-electron chi connectivity index (χ0n) is 12.5. The Morgan fingerprint density at radius 3 is 0.714 bits per heavy atom. The van der Waals surface area contributed by atoms with E-state index in [4.69, 9.17) is 10.2 Å². The van der Waals surface area contributed by atoms with Crippen LogP contribution in [0.25, 0.3) is 0 Å². The van der Waals surface area contributed by atoms with Gasteiger partial charge in [-0.25, -0.2) is 0 Å². The van der Waals surface area contributed by atoms with Crippen LogP contribution in [-0.4, -0.2) is 45.3 Å². The molecule has 0 atom stereocenters. The van der Waals surface area contributed by atoms with E-state index in [2.05, 4.69) is 0 Å². The number of carboxylic acid groups (broad SMARTS) is 2. The Morgan fingerprint density at radius 1 is 0.524 bits per heavy atom. The van der Waals surface area contributed by atoms with Crippen LogP contribution in [-0.2, 0) is 28.8 Å². The van der Waals surface area contributed by atoms with E-state index in [0.717, 1.165) is 0 Å². The van der Waals surface area contributed by atoms with Gasteiger partial charge in [0.25, 0.3) is 0 Å². The van der Waals surface area contributed by atoms with Crippen molar-refractivity contribution in [1.29, 1.82) is 0 Å². The molecule has 0 amide bonds. The van der Waals surface area contributed by atoms with Gasteiger partial charge in [0.05, 0.1) is 12.8 Å². The molecule has 0 spiro atoms. The van der Waals surface area contributed by atoms with E-state index < -0.39 is 18.4 Å². The van der Waals surface area contributed by atoms with Crippen LogP contribution < -0.4 is 0 Å². The van der Waals surface area contributed by atoms with Gasteiger partial charge >= 0.3 is 11.9 Å². The molecule has 0 aromatic rings. The van der Waals surface area contributed by atoms with Crippen molar-refractivity contribution in [1.82, 2.24) is 0 Å². The molecule has 0 fully saturated rings. The van der Waals surface area contributed by atoms with Gasteiger partial charge in [-0.05, 0) is 27.7 Å². The summed E-state index contributed by atoms with van der Waals surface area (Å²) in [4.78, 5) is 59.0. The monoisotopic (exact) mass is 304 g/mol. The molecule has 0 saturated heterocycles. The summed E-state index contributed by atoms with van der Waals surface area (Å²) in [7, 11) is 0. The van der Waals surface area contributed by atoms with E-state index in [1.54, 1.807) is 0 Å². The van der Waals surface area contributed by atoms with Crippen molar-refractivity contribution in [3.05, 3.63) is 0 Å². The van der Waals surface area contributed by atoms with E-state index in [1.807, 2.05) is 0 Å². The number of carboxylic acids is 2. The lowest BCUT2D eigenvalue weighted by atomic mass is 10.2. The van der Waals surface area contributed by atoms with Crippen molar-refractivity contribution >= 4 is 35.1 Å². The van der Waals surface area contributed by atoms with Crippen molar-refractivity contribution in [3.8, 4) is 0 Å². The standard InChI is InChI=1S/2C5H8O2.C3H4O4/c2*1-4(6)3-5(2)7;4-2(5)1-3(6)7/h2*3H2,1-2H3;1H2,(H,4,5)(H,6,7). The lowest BCUT2D eigenvalue weighted by Crippen LogP contribution is -2.03. The normalized spacial score (nSPS) is 8.19. The third-order valence-corrected chi connectivity index (χ3v) is 1.30. The van der Waals surface area contributed by atoms with Crippen molar-refractivity contribution in [2.45, 2.75) is 47.0 Å². The molecule has 21 heavy (non-hydrogen) atoms. The number of hydrogen-bond donors (Lipinski definition) is 2. The third kappa shape index (κ3) is 46.5. The van der Waals surface area contributed by atoms with Gasteiger partial charge in [-0.1, -0.05) is 0 Å². The molecule has 0 aliphatic rings. The Balaban J connectivity index is -0.000000231. The number of hydrogen-bond acceptors (Lipinski definition) is 6. The average molecular weight is 304 g/mol. The maximum atomic E-state index is 10.0. The fourth-order valence-corrected chi connectivity index (χ4v) is 0.831. The largest absolute Gasteiger partial charge is 0.481 e. The molecule has 0 rings (SSSR count). The van der Waals surface area contributed by atoms with Gasteiger partial charge in [0.2, 0.25) is 0 Å². The molecular weight excluding hydrogens is 284 g/mol. The van der Waals surface area contributed by atoms with Crippen molar-refractivity contribution < 1.29 is 39.0 Å². The van der Waals surface area contributed by atoms with Crippen LogP contribution >= 0.6 is 0 Å². The summed E-state index contributed by atoms with van der Waals surface area (Å²) in [6.07, 6.45) is -0.639. The number of ketones is 4. The summed E-state index contributed by atoms with van der Waals surface area (Å²) in [6, 6.07) is 0. The van der Waals surface area contributed by atoms with Crippen molar-refractivity contribution in [2.24, 2.45) is 0 Å². The Morgan fingerprint density at radius 2 is 0.714 bits per heavy atom. The molecule has 2 N–H and O–H groups in total. The van der Waals surface area contributed by atoms with Gasteiger partial charge in [0.15, 0.2) is 0 Å². The number of rotatable bonds is 6. The summed E-state index contributed by atoms with van der Waals surface area (Å²) >= 11 is 0. The zero-order chi connectivity index (χ0) is 17.6. The van der Waals surface area contributed by atoms with E-state index in [0.29, 0.717) is 0 Å². The fraction of sp³-hybridized carbons (Fsp3) is 0.538. The number of aliphatic carboxylic acids is 2. The average Bonchev–Trinajstić information content (AvgIpc) is 2.10. The number of carbonyl (C=O) groups is 6.